The van der Waals surface area contributed by atoms with Crippen LogP contribution in [0.25, 0.3) is 22.3 Å². The summed E-state index contributed by atoms with van der Waals surface area (Å²) in [4.78, 5) is 20.9. The minimum Gasteiger partial charge on any atom is -0.326 e. The van der Waals surface area contributed by atoms with Gasteiger partial charge in [-0.2, -0.15) is 0 Å². The molecule has 2 aromatic carbocycles. The second-order valence-electron chi connectivity index (χ2n) is 5.36. The van der Waals surface area contributed by atoms with Crippen molar-refractivity contribution in [2.45, 2.75) is 18.7 Å². The molecule has 23 heavy (non-hydrogen) atoms. The Balaban J connectivity index is 1.87. The standard InChI is InChI=1S/C18H16ClN3O/c1-12(19)9-18(23)21-14-6-4-5-13(10-14)17-11-20-15-7-2-3-8-16(15)22-17/h2-8,10-12H,9H2,1H3,(H,21,23). The van der Waals surface area contributed by atoms with Crippen molar-refractivity contribution in [3.63, 3.8) is 0 Å². The Labute approximate surface area is 139 Å². The first kappa shape index (κ1) is 15.4. The maximum Gasteiger partial charge on any atom is 0.225 e. The number of rotatable bonds is 4. The van der Waals surface area contributed by atoms with Gasteiger partial charge < -0.3 is 5.32 Å². The van der Waals surface area contributed by atoms with E-state index >= 15 is 0 Å². The Bertz CT molecular complexity index is 848. The lowest BCUT2D eigenvalue weighted by Crippen LogP contribution is -2.14. The molecule has 0 saturated heterocycles. The smallest absolute Gasteiger partial charge is 0.225 e. The molecule has 1 N–H and O–H groups in total. The molecule has 1 amide bonds. The van der Waals surface area contributed by atoms with Crippen molar-refractivity contribution in [2.75, 3.05) is 5.32 Å². The third-order valence-electron chi connectivity index (χ3n) is 3.36. The molecule has 1 atom stereocenters. The number of alkyl halides is 1. The number of anilines is 1. The SMILES string of the molecule is CC(Cl)CC(=O)Nc1cccc(-c2cnc3ccccc3n2)c1. The first-order chi connectivity index (χ1) is 11.1. The van der Waals surface area contributed by atoms with Crippen LogP contribution in [-0.4, -0.2) is 21.3 Å². The highest BCUT2D eigenvalue weighted by atomic mass is 35.5. The fourth-order valence-corrected chi connectivity index (χ4v) is 2.46. The van der Waals surface area contributed by atoms with Gasteiger partial charge in [0.15, 0.2) is 0 Å². The number of hydrogen-bond donors (Lipinski definition) is 1. The molecular weight excluding hydrogens is 310 g/mol. The summed E-state index contributed by atoms with van der Waals surface area (Å²) >= 11 is 5.84. The van der Waals surface area contributed by atoms with Crippen LogP contribution in [0.3, 0.4) is 0 Å². The molecule has 0 aliphatic rings. The number of nitrogens with one attached hydrogen (secondary N) is 1. The molecule has 1 unspecified atom stereocenters. The summed E-state index contributed by atoms with van der Waals surface area (Å²) in [6.07, 6.45) is 2.02. The summed E-state index contributed by atoms with van der Waals surface area (Å²) in [6, 6.07) is 15.3. The van der Waals surface area contributed by atoms with Crippen LogP contribution < -0.4 is 5.32 Å². The largest absolute Gasteiger partial charge is 0.326 e. The summed E-state index contributed by atoms with van der Waals surface area (Å²) < 4.78 is 0. The maximum absolute atomic E-state index is 11.8. The number of carbonyl (C=O) groups is 1. The number of carbonyl (C=O) groups excluding carboxylic acids is 1. The average molecular weight is 326 g/mol. The van der Waals surface area contributed by atoms with E-state index in [9.17, 15) is 4.79 Å². The van der Waals surface area contributed by atoms with Crippen LogP contribution in [-0.2, 0) is 4.79 Å². The lowest BCUT2D eigenvalue weighted by atomic mass is 10.1. The number of para-hydroxylation sites is 2. The number of hydrogen-bond acceptors (Lipinski definition) is 3. The third-order valence-corrected chi connectivity index (χ3v) is 3.51. The van der Waals surface area contributed by atoms with Crippen LogP contribution in [0.15, 0.2) is 54.7 Å². The molecule has 5 heteroatoms. The number of fused-ring (bicyclic) bond motifs is 1. The summed E-state index contributed by atoms with van der Waals surface area (Å²) in [7, 11) is 0. The predicted octanol–water partition coefficient (Wildman–Crippen LogP) is 4.25. The number of benzene rings is 2. The highest BCUT2D eigenvalue weighted by Gasteiger charge is 2.08. The first-order valence-electron chi connectivity index (χ1n) is 7.38. The molecule has 3 rings (SSSR count). The van der Waals surface area contributed by atoms with Crippen molar-refractivity contribution in [1.29, 1.82) is 0 Å². The number of aromatic nitrogens is 2. The van der Waals surface area contributed by atoms with E-state index in [1.54, 1.807) is 13.1 Å². The molecule has 0 aliphatic heterocycles. The van der Waals surface area contributed by atoms with Gasteiger partial charge in [-0.15, -0.1) is 11.6 Å². The molecule has 0 bridgehead atoms. The topological polar surface area (TPSA) is 54.9 Å². The summed E-state index contributed by atoms with van der Waals surface area (Å²) in [5.74, 6) is -0.103. The van der Waals surface area contributed by atoms with Crippen molar-refractivity contribution in [2.24, 2.45) is 0 Å². The Hall–Kier alpha value is -2.46. The van der Waals surface area contributed by atoms with Gasteiger partial charge in [-0.05, 0) is 31.2 Å². The second kappa shape index (κ2) is 6.75. The maximum atomic E-state index is 11.8. The highest BCUT2D eigenvalue weighted by molar-refractivity contribution is 6.21. The highest BCUT2D eigenvalue weighted by Crippen LogP contribution is 2.22. The zero-order valence-electron chi connectivity index (χ0n) is 12.7. The fourth-order valence-electron chi connectivity index (χ4n) is 2.32. The lowest BCUT2D eigenvalue weighted by molar-refractivity contribution is -0.116. The molecule has 0 fully saturated rings. The monoisotopic (exact) mass is 325 g/mol. The van der Waals surface area contributed by atoms with Crippen LogP contribution in [0.5, 0.6) is 0 Å². The number of nitrogens with zero attached hydrogens (tertiary/aromatic N) is 2. The zero-order chi connectivity index (χ0) is 16.2. The van der Waals surface area contributed by atoms with Crippen LogP contribution in [0, 0.1) is 0 Å². The Morgan fingerprint density at radius 1 is 1.17 bits per heavy atom. The molecule has 1 heterocycles. The van der Waals surface area contributed by atoms with Gasteiger partial charge in [0.2, 0.25) is 5.91 Å². The van der Waals surface area contributed by atoms with Crippen LogP contribution in [0.4, 0.5) is 5.69 Å². The minimum atomic E-state index is -0.190. The van der Waals surface area contributed by atoms with Crippen molar-refractivity contribution in [3.8, 4) is 11.3 Å². The molecular formula is C18H16ClN3O. The van der Waals surface area contributed by atoms with E-state index in [1.165, 1.54) is 0 Å². The van der Waals surface area contributed by atoms with E-state index in [4.69, 9.17) is 11.6 Å². The first-order valence-corrected chi connectivity index (χ1v) is 7.81. The van der Waals surface area contributed by atoms with Gasteiger partial charge in [-0.25, -0.2) is 4.98 Å². The fraction of sp³-hybridized carbons (Fsp3) is 0.167. The third kappa shape index (κ3) is 3.85. The van der Waals surface area contributed by atoms with Crippen molar-refractivity contribution >= 4 is 34.2 Å². The van der Waals surface area contributed by atoms with E-state index in [0.717, 1.165) is 28.0 Å². The molecule has 1 aromatic heterocycles. The summed E-state index contributed by atoms with van der Waals surface area (Å²) in [5, 5.41) is 2.66. The van der Waals surface area contributed by atoms with Gasteiger partial charge >= 0.3 is 0 Å². The van der Waals surface area contributed by atoms with Crippen molar-refractivity contribution < 1.29 is 4.79 Å². The van der Waals surface area contributed by atoms with E-state index in [0.29, 0.717) is 0 Å². The Morgan fingerprint density at radius 2 is 1.96 bits per heavy atom. The lowest BCUT2D eigenvalue weighted by Gasteiger charge is -2.08. The van der Waals surface area contributed by atoms with Crippen molar-refractivity contribution in [3.05, 3.63) is 54.7 Å². The van der Waals surface area contributed by atoms with Crippen LogP contribution >= 0.6 is 11.6 Å². The van der Waals surface area contributed by atoms with Gasteiger partial charge in [0.25, 0.3) is 0 Å². The molecule has 0 spiro atoms. The van der Waals surface area contributed by atoms with Crippen LogP contribution in [0.2, 0.25) is 0 Å². The summed E-state index contributed by atoms with van der Waals surface area (Å²) in [5.41, 5.74) is 4.09. The molecule has 0 radical (unpaired) electrons. The molecule has 4 nitrogen and oxygen atoms in total. The van der Waals surface area contributed by atoms with E-state index < -0.39 is 0 Å². The Kier molecular flexibility index (Phi) is 4.53. The van der Waals surface area contributed by atoms with E-state index in [2.05, 4.69) is 15.3 Å². The van der Waals surface area contributed by atoms with Crippen molar-refractivity contribution in [1.82, 2.24) is 9.97 Å². The molecule has 3 aromatic rings. The molecule has 116 valence electrons. The van der Waals surface area contributed by atoms with Gasteiger partial charge in [0.05, 0.1) is 22.9 Å². The number of amides is 1. The zero-order valence-corrected chi connectivity index (χ0v) is 13.4. The van der Waals surface area contributed by atoms with Crippen LogP contribution in [0.1, 0.15) is 13.3 Å². The quantitative estimate of drug-likeness (QED) is 0.729. The van der Waals surface area contributed by atoms with Gasteiger partial charge in [-0.1, -0.05) is 24.3 Å². The van der Waals surface area contributed by atoms with Gasteiger partial charge in [0.1, 0.15) is 0 Å². The van der Waals surface area contributed by atoms with E-state index in [-0.39, 0.29) is 17.7 Å². The molecule has 0 saturated carbocycles. The minimum absolute atomic E-state index is 0.103. The molecule has 0 aliphatic carbocycles. The number of halogens is 1. The van der Waals surface area contributed by atoms with E-state index in [1.807, 2.05) is 48.5 Å². The predicted molar refractivity (Wildman–Crippen MR) is 93.5 cm³/mol. The average Bonchev–Trinajstić information content (AvgIpc) is 2.54. The van der Waals surface area contributed by atoms with Gasteiger partial charge in [0, 0.05) is 23.0 Å². The summed E-state index contributed by atoms with van der Waals surface area (Å²) in [6.45, 7) is 1.79. The normalized spacial score (nSPS) is 12.1. The van der Waals surface area contributed by atoms with Gasteiger partial charge in [-0.3, -0.25) is 9.78 Å². The Morgan fingerprint density at radius 3 is 2.74 bits per heavy atom. The second-order valence-corrected chi connectivity index (χ2v) is 6.10.